The van der Waals surface area contributed by atoms with Gasteiger partial charge in [-0.2, -0.15) is 12.8 Å². The molecule has 2 fully saturated rings. The van der Waals surface area contributed by atoms with Crippen LogP contribution in [0.5, 0.6) is 0 Å². The maximum absolute atomic E-state index is 4.41. The predicted molar refractivity (Wildman–Crippen MR) is 96.9 cm³/mol. The van der Waals surface area contributed by atoms with Crippen LogP contribution in [-0.4, -0.2) is 49.6 Å². The van der Waals surface area contributed by atoms with E-state index in [0.717, 1.165) is 0 Å². The van der Waals surface area contributed by atoms with Crippen molar-refractivity contribution in [3.63, 3.8) is 0 Å². The second kappa shape index (κ2) is 14.0. The van der Waals surface area contributed by atoms with Crippen molar-refractivity contribution in [2.45, 2.75) is 52.4 Å². The summed E-state index contributed by atoms with van der Waals surface area (Å²) in [5.41, 5.74) is 2.53. The number of hydrogen-bond donors (Lipinski definition) is 0. The summed E-state index contributed by atoms with van der Waals surface area (Å²) < 4.78 is 0. The summed E-state index contributed by atoms with van der Waals surface area (Å²) >= 11 is 0. The Labute approximate surface area is 172 Å². The van der Waals surface area contributed by atoms with Crippen LogP contribution < -0.4 is 18.9 Å². The first-order valence-corrected chi connectivity index (χ1v) is 8.58. The molecule has 0 aromatic rings. The summed E-state index contributed by atoms with van der Waals surface area (Å²) in [5, 5.41) is 12.6. The number of hydrazone groups is 2. The van der Waals surface area contributed by atoms with E-state index in [1.807, 2.05) is 38.2 Å². The third-order valence-corrected chi connectivity index (χ3v) is 4.03. The zero-order valence-electron chi connectivity index (χ0n) is 16.6. The zero-order valence-corrected chi connectivity index (χ0v) is 17.6. The van der Waals surface area contributed by atoms with E-state index in [1.54, 1.807) is 0 Å². The van der Waals surface area contributed by atoms with Gasteiger partial charge in [-0.1, -0.05) is 51.0 Å². The van der Waals surface area contributed by atoms with Gasteiger partial charge in [-0.15, -0.1) is 0 Å². The van der Waals surface area contributed by atoms with Crippen LogP contribution in [0.2, 0.25) is 0 Å². The Kier molecular flexibility index (Phi) is 15.2. The topological polar surface area (TPSA) is 31.2 Å². The van der Waals surface area contributed by atoms with E-state index >= 15 is 0 Å². The summed E-state index contributed by atoms with van der Waals surface area (Å²) in [6.45, 7) is 4.50. The zero-order chi connectivity index (χ0) is 16.5. The molecule has 2 aliphatic carbocycles. The quantitative estimate of drug-likeness (QED) is 0.406. The molecule has 138 valence electrons. The third-order valence-electron chi connectivity index (χ3n) is 4.03. The molecule has 2 aliphatic rings. The monoisotopic (exact) mass is 376 g/mol. The molecule has 4 nitrogen and oxygen atoms in total. The van der Waals surface area contributed by atoms with Crippen molar-refractivity contribution < 1.29 is 35.9 Å². The molecule has 0 amide bonds. The number of nitrogens with zero attached hydrogens (tertiary/aromatic N) is 4. The van der Waals surface area contributed by atoms with E-state index in [9.17, 15) is 0 Å². The molecule has 2 atom stereocenters. The summed E-state index contributed by atoms with van der Waals surface area (Å²) in [6, 6.07) is 0. The van der Waals surface area contributed by atoms with E-state index in [2.05, 4.69) is 36.9 Å². The van der Waals surface area contributed by atoms with Crippen LogP contribution in [0.3, 0.4) is 0 Å². The van der Waals surface area contributed by atoms with Gasteiger partial charge in [0.25, 0.3) is 0 Å². The molecule has 2 saturated carbocycles. The first-order valence-electron chi connectivity index (χ1n) is 8.58. The Hall–Kier alpha value is -0.203. The molecule has 0 N–H and O–H groups in total. The van der Waals surface area contributed by atoms with E-state index in [0.29, 0.717) is 11.8 Å². The Morgan fingerprint density at radius 2 is 1.12 bits per heavy atom. The van der Waals surface area contributed by atoms with E-state index < -0.39 is 0 Å². The van der Waals surface area contributed by atoms with Gasteiger partial charge in [0, 0.05) is 28.2 Å². The van der Waals surface area contributed by atoms with Gasteiger partial charge in [0.1, 0.15) is 0 Å². The van der Waals surface area contributed by atoms with Crippen molar-refractivity contribution in [2.75, 3.05) is 28.2 Å². The van der Waals surface area contributed by atoms with Gasteiger partial charge >= 0.3 is 35.9 Å². The SMILES string of the molecule is CC1CCC[CH-]/C1=N\N(C)C.CC1CCC[CH-]/C1=N\N(C)C.[Cu+].[Li+]. The van der Waals surface area contributed by atoms with E-state index in [1.165, 1.54) is 49.9 Å². The van der Waals surface area contributed by atoms with Crippen molar-refractivity contribution in [2.24, 2.45) is 22.0 Å². The maximum atomic E-state index is 4.41. The normalized spacial score (nSPS) is 25.9. The number of hydrogen-bond acceptors (Lipinski definition) is 4. The van der Waals surface area contributed by atoms with Crippen LogP contribution in [0, 0.1) is 24.7 Å². The van der Waals surface area contributed by atoms with E-state index in [4.69, 9.17) is 0 Å². The van der Waals surface area contributed by atoms with Crippen molar-refractivity contribution in [1.29, 1.82) is 0 Å². The summed E-state index contributed by atoms with van der Waals surface area (Å²) in [4.78, 5) is 0. The minimum atomic E-state index is 0. The Morgan fingerprint density at radius 3 is 1.38 bits per heavy atom. The Morgan fingerprint density at radius 1 is 0.792 bits per heavy atom. The van der Waals surface area contributed by atoms with Gasteiger partial charge in [0.15, 0.2) is 0 Å². The van der Waals surface area contributed by atoms with Crippen molar-refractivity contribution in [3.05, 3.63) is 12.8 Å². The third kappa shape index (κ3) is 10.6. The molecule has 2 rings (SSSR count). The standard InChI is InChI=1S/2C9H17N2.Cu.Li/c2*1-8-6-4-5-7-9(8)10-11(2)3;;/h2*7-8H,4-6H2,1-3H3;;/q2*-1;2*+1/b2*10-9+;;. The maximum Gasteiger partial charge on any atom is 1.00 e. The molecule has 0 radical (unpaired) electrons. The van der Waals surface area contributed by atoms with Crippen LogP contribution in [0.1, 0.15) is 52.4 Å². The van der Waals surface area contributed by atoms with Crippen molar-refractivity contribution in [1.82, 2.24) is 10.0 Å². The molecule has 6 heteroatoms. The van der Waals surface area contributed by atoms with Gasteiger partial charge < -0.3 is 22.9 Å². The van der Waals surface area contributed by atoms with Crippen LogP contribution >= 0.6 is 0 Å². The van der Waals surface area contributed by atoms with Gasteiger partial charge in [-0.3, -0.25) is 0 Å². The minimum Gasteiger partial charge on any atom is -0.344 e. The van der Waals surface area contributed by atoms with Gasteiger partial charge in [-0.05, 0) is 11.8 Å². The molecule has 0 heterocycles. The molecule has 0 bridgehead atoms. The summed E-state index contributed by atoms with van der Waals surface area (Å²) in [5.74, 6) is 1.32. The van der Waals surface area contributed by atoms with Crippen molar-refractivity contribution in [3.8, 4) is 0 Å². The second-order valence-electron chi connectivity index (χ2n) is 6.82. The fourth-order valence-electron chi connectivity index (χ4n) is 2.79. The largest absolute Gasteiger partial charge is 1.00 e. The second-order valence-corrected chi connectivity index (χ2v) is 6.82. The van der Waals surface area contributed by atoms with Gasteiger partial charge in [0.2, 0.25) is 0 Å². The Bertz CT molecular complexity index is 347. The fraction of sp³-hybridized carbons (Fsp3) is 0.778. The van der Waals surface area contributed by atoms with Crippen LogP contribution in [0.4, 0.5) is 0 Å². The molecule has 0 spiro atoms. The minimum absolute atomic E-state index is 0. The van der Waals surface area contributed by atoms with Crippen LogP contribution in [0.25, 0.3) is 0 Å². The molecular formula is C18H34CuLiN4. The number of rotatable bonds is 2. The molecule has 24 heavy (non-hydrogen) atoms. The molecule has 0 aromatic carbocycles. The molecule has 0 saturated heterocycles. The summed E-state index contributed by atoms with van der Waals surface area (Å²) in [7, 11) is 7.90. The van der Waals surface area contributed by atoms with Gasteiger partial charge in [0.05, 0.1) is 0 Å². The average molecular weight is 377 g/mol. The van der Waals surface area contributed by atoms with Crippen LogP contribution in [-0.2, 0) is 17.1 Å². The predicted octanol–water partition coefficient (Wildman–Crippen LogP) is 0.858. The van der Waals surface area contributed by atoms with E-state index in [-0.39, 0.29) is 35.9 Å². The molecular weight excluding hydrogens is 343 g/mol. The average Bonchev–Trinajstić information content (AvgIpc) is 2.44. The molecule has 0 aliphatic heterocycles. The van der Waals surface area contributed by atoms with Crippen molar-refractivity contribution >= 4 is 11.4 Å². The summed E-state index contributed by atoms with van der Waals surface area (Å²) in [6.07, 6.45) is 12.2. The molecule has 2 unspecified atom stereocenters. The smallest absolute Gasteiger partial charge is 0.344 e. The molecule has 0 aromatic heterocycles. The first kappa shape index (κ1) is 26.0. The first-order chi connectivity index (χ1) is 10.4. The fourth-order valence-corrected chi connectivity index (χ4v) is 2.79. The Balaban J connectivity index is 0. The van der Waals surface area contributed by atoms with Crippen LogP contribution in [0.15, 0.2) is 10.2 Å². The van der Waals surface area contributed by atoms with Gasteiger partial charge in [-0.25, -0.2) is 10.2 Å².